The number of pyridine rings is 1. The minimum absolute atomic E-state index is 0.00414. The van der Waals surface area contributed by atoms with Crippen molar-refractivity contribution in [3.8, 4) is 5.75 Å². The standard InChI is InChI=1S/C35H50FN3O5/c1-23-12-14-28-31(41-5)21-25(38-33(28)37-23)10-6-8-18-42-26-16-17-39(22-26)32(34(40)44-35(2,3)4)29-20-24(36)13-15-27(29)30-11-7-9-19-43-30/h13,15,20-21,23,26,30,32H,6-12,14,16-19,22H2,1-5H3,(H,37,38). The van der Waals surface area contributed by atoms with Crippen LogP contribution in [0.5, 0.6) is 5.75 Å². The summed E-state index contributed by atoms with van der Waals surface area (Å²) in [7, 11) is 1.72. The molecule has 1 N–H and O–H groups in total. The summed E-state index contributed by atoms with van der Waals surface area (Å²) < 4.78 is 38.6. The predicted molar refractivity (Wildman–Crippen MR) is 169 cm³/mol. The number of carbonyl (C=O) groups is 1. The number of methoxy groups -OCH3 is 1. The maximum absolute atomic E-state index is 14.7. The molecule has 3 aliphatic rings. The van der Waals surface area contributed by atoms with Crippen molar-refractivity contribution >= 4 is 11.8 Å². The van der Waals surface area contributed by atoms with Crippen molar-refractivity contribution in [3.05, 3.63) is 52.5 Å². The number of hydrogen-bond acceptors (Lipinski definition) is 8. The Hall–Kier alpha value is -2.75. The number of nitrogens with zero attached hydrogens (tertiary/aromatic N) is 2. The number of rotatable bonds is 11. The second kappa shape index (κ2) is 14.6. The molecule has 2 fully saturated rings. The summed E-state index contributed by atoms with van der Waals surface area (Å²) in [5.74, 6) is 1.15. The first-order valence-electron chi connectivity index (χ1n) is 16.4. The van der Waals surface area contributed by atoms with Crippen molar-refractivity contribution in [3.63, 3.8) is 0 Å². The normalized spacial score (nSPS) is 23.1. The van der Waals surface area contributed by atoms with Crippen molar-refractivity contribution in [1.82, 2.24) is 9.88 Å². The highest BCUT2D eigenvalue weighted by atomic mass is 19.1. The third-order valence-corrected chi connectivity index (χ3v) is 8.79. The van der Waals surface area contributed by atoms with Crippen LogP contribution >= 0.6 is 0 Å². The number of halogens is 1. The molecular weight excluding hydrogens is 561 g/mol. The van der Waals surface area contributed by atoms with Gasteiger partial charge in [0.05, 0.1) is 19.3 Å². The lowest BCUT2D eigenvalue weighted by atomic mass is 9.92. The summed E-state index contributed by atoms with van der Waals surface area (Å²) in [4.78, 5) is 20.7. The number of hydrogen-bond donors (Lipinski definition) is 1. The number of aromatic nitrogens is 1. The first kappa shape index (κ1) is 32.6. The molecule has 0 aliphatic carbocycles. The van der Waals surface area contributed by atoms with Gasteiger partial charge >= 0.3 is 5.97 Å². The lowest BCUT2D eigenvalue weighted by molar-refractivity contribution is -0.161. The molecule has 0 radical (unpaired) electrons. The molecule has 0 saturated carbocycles. The van der Waals surface area contributed by atoms with E-state index in [1.54, 1.807) is 13.2 Å². The topological polar surface area (TPSA) is 82.2 Å². The SMILES string of the molecule is COc1cc(CCCCOC2CCN(C(C(=O)OC(C)(C)C)c3cc(F)ccc3C3CCCCO3)C2)nc2c1CCC(C)N2. The molecule has 4 unspecified atom stereocenters. The van der Waals surface area contributed by atoms with Gasteiger partial charge in [-0.25, -0.2) is 14.2 Å². The fourth-order valence-corrected chi connectivity index (χ4v) is 6.61. The molecule has 4 heterocycles. The van der Waals surface area contributed by atoms with Gasteiger partial charge in [-0.05, 0) is 109 Å². The molecule has 3 aliphatic heterocycles. The minimum Gasteiger partial charge on any atom is -0.496 e. The van der Waals surface area contributed by atoms with E-state index in [4.69, 9.17) is 23.9 Å². The van der Waals surface area contributed by atoms with Crippen LogP contribution in [0, 0.1) is 5.82 Å². The van der Waals surface area contributed by atoms with Gasteiger partial charge in [0.1, 0.15) is 29.0 Å². The first-order chi connectivity index (χ1) is 21.1. The number of carbonyl (C=O) groups excluding carboxylic acids is 1. The number of fused-ring (bicyclic) bond motifs is 1. The molecule has 9 heteroatoms. The Balaban J connectivity index is 1.20. The van der Waals surface area contributed by atoms with Gasteiger partial charge in [-0.2, -0.15) is 0 Å². The van der Waals surface area contributed by atoms with E-state index in [1.165, 1.54) is 17.7 Å². The lowest BCUT2D eigenvalue weighted by Crippen LogP contribution is -2.38. The summed E-state index contributed by atoms with van der Waals surface area (Å²) in [5.41, 5.74) is 3.06. The van der Waals surface area contributed by atoms with Crippen molar-refractivity contribution in [2.75, 3.05) is 38.7 Å². The number of anilines is 1. The smallest absolute Gasteiger partial charge is 0.328 e. The fraction of sp³-hybridized carbons (Fsp3) is 0.657. The summed E-state index contributed by atoms with van der Waals surface area (Å²) in [6, 6.07) is 6.51. The molecule has 8 nitrogen and oxygen atoms in total. The Morgan fingerprint density at radius 2 is 2.02 bits per heavy atom. The number of nitrogens with one attached hydrogen (secondary N) is 1. The monoisotopic (exact) mass is 611 g/mol. The van der Waals surface area contributed by atoms with Gasteiger partial charge in [-0.15, -0.1) is 0 Å². The molecule has 44 heavy (non-hydrogen) atoms. The highest BCUT2D eigenvalue weighted by Gasteiger charge is 2.39. The van der Waals surface area contributed by atoms with E-state index in [-0.39, 0.29) is 24.0 Å². The molecule has 0 bridgehead atoms. The van der Waals surface area contributed by atoms with Crippen LogP contribution in [-0.2, 0) is 31.8 Å². The average Bonchev–Trinajstić information content (AvgIpc) is 3.44. The van der Waals surface area contributed by atoms with E-state index in [0.717, 1.165) is 80.6 Å². The van der Waals surface area contributed by atoms with E-state index in [2.05, 4.69) is 23.2 Å². The molecule has 2 saturated heterocycles. The van der Waals surface area contributed by atoms with Gasteiger partial charge in [-0.1, -0.05) is 6.07 Å². The van der Waals surface area contributed by atoms with Crippen LogP contribution in [0.2, 0.25) is 0 Å². The molecule has 5 rings (SSSR count). The largest absolute Gasteiger partial charge is 0.496 e. The van der Waals surface area contributed by atoms with E-state index in [9.17, 15) is 9.18 Å². The second-order valence-corrected chi connectivity index (χ2v) is 13.5. The molecule has 1 aromatic carbocycles. The molecule has 2 aromatic rings. The molecule has 0 spiro atoms. The van der Waals surface area contributed by atoms with Crippen molar-refractivity contribution in [1.29, 1.82) is 0 Å². The molecular formula is C35H50FN3O5. The number of esters is 1. The number of ether oxygens (including phenoxy) is 4. The zero-order valence-electron chi connectivity index (χ0n) is 27.1. The number of likely N-dealkylation sites (tertiary alicyclic amines) is 1. The predicted octanol–water partition coefficient (Wildman–Crippen LogP) is 6.71. The van der Waals surface area contributed by atoms with Crippen LogP contribution in [0.25, 0.3) is 0 Å². The van der Waals surface area contributed by atoms with Gasteiger partial charge in [-0.3, -0.25) is 4.90 Å². The quantitative estimate of drug-likeness (QED) is 0.222. The maximum atomic E-state index is 14.7. The summed E-state index contributed by atoms with van der Waals surface area (Å²) in [6.07, 6.45) is 8.34. The third kappa shape index (κ3) is 8.29. The van der Waals surface area contributed by atoms with Crippen molar-refractivity contribution in [2.24, 2.45) is 0 Å². The Morgan fingerprint density at radius 3 is 2.77 bits per heavy atom. The molecule has 4 atom stereocenters. The number of benzene rings is 1. The average molecular weight is 612 g/mol. The van der Waals surface area contributed by atoms with Crippen LogP contribution < -0.4 is 10.1 Å². The van der Waals surface area contributed by atoms with E-state index >= 15 is 0 Å². The summed E-state index contributed by atoms with van der Waals surface area (Å²) in [5, 5.41) is 3.50. The van der Waals surface area contributed by atoms with Crippen molar-refractivity contribution in [2.45, 2.75) is 115 Å². The number of aryl methyl sites for hydroxylation is 1. The highest BCUT2D eigenvalue weighted by molar-refractivity contribution is 5.79. The third-order valence-electron chi connectivity index (χ3n) is 8.79. The van der Waals surface area contributed by atoms with Crippen LogP contribution in [0.4, 0.5) is 10.2 Å². The maximum Gasteiger partial charge on any atom is 0.328 e. The lowest BCUT2D eigenvalue weighted by Gasteiger charge is -2.33. The van der Waals surface area contributed by atoms with E-state index < -0.39 is 11.6 Å². The van der Waals surface area contributed by atoms with Gasteiger partial charge in [0, 0.05) is 49.7 Å². The zero-order chi connectivity index (χ0) is 31.3. The van der Waals surface area contributed by atoms with E-state index in [0.29, 0.717) is 37.9 Å². The second-order valence-electron chi connectivity index (χ2n) is 13.5. The van der Waals surface area contributed by atoms with E-state index in [1.807, 2.05) is 20.8 Å². The summed E-state index contributed by atoms with van der Waals surface area (Å²) in [6.45, 7) is 10.3. The molecule has 0 amide bonds. The Kier molecular flexibility index (Phi) is 10.8. The fourth-order valence-electron chi connectivity index (χ4n) is 6.61. The molecule has 1 aromatic heterocycles. The Morgan fingerprint density at radius 1 is 1.18 bits per heavy atom. The van der Waals surface area contributed by atoms with Gasteiger partial charge in [0.15, 0.2) is 0 Å². The van der Waals surface area contributed by atoms with Gasteiger partial charge < -0.3 is 24.3 Å². The van der Waals surface area contributed by atoms with Crippen LogP contribution in [0.3, 0.4) is 0 Å². The summed E-state index contributed by atoms with van der Waals surface area (Å²) >= 11 is 0. The molecule has 242 valence electrons. The first-order valence-corrected chi connectivity index (χ1v) is 16.4. The van der Waals surface area contributed by atoms with Crippen LogP contribution in [0.15, 0.2) is 24.3 Å². The highest BCUT2D eigenvalue weighted by Crippen LogP contribution is 2.38. The zero-order valence-corrected chi connectivity index (χ0v) is 27.1. The van der Waals surface area contributed by atoms with Crippen LogP contribution in [0.1, 0.15) is 107 Å². The number of unbranched alkanes of at least 4 members (excludes halogenated alkanes) is 1. The Labute approximate surface area is 262 Å². The van der Waals surface area contributed by atoms with Crippen molar-refractivity contribution < 1.29 is 28.1 Å². The Bertz CT molecular complexity index is 1280. The van der Waals surface area contributed by atoms with Crippen LogP contribution in [-0.4, -0.2) is 67.0 Å². The van der Waals surface area contributed by atoms with Gasteiger partial charge in [0.2, 0.25) is 0 Å². The van der Waals surface area contributed by atoms with Gasteiger partial charge in [0.25, 0.3) is 0 Å². The minimum atomic E-state index is -0.722.